The molecular formula is C12H11BrClNO2S2. The van der Waals surface area contributed by atoms with Crippen molar-refractivity contribution in [3.63, 3.8) is 0 Å². The molecular weight excluding hydrogens is 370 g/mol. The highest BCUT2D eigenvalue weighted by Crippen LogP contribution is 2.31. The minimum atomic E-state index is -3.51. The van der Waals surface area contributed by atoms with Crippen molar-refractivity contribution in [2.75, 3.05) is 10.8 Å². The molecule has 0 radical (unpaired) electrons. The molecule has 19 heavy (non-hydrogen) atoms. The molecule has 1 aromatic carbocycles. The predicted octanol–water partition coefficient (Wildman–Crippen LogP) is 4.38. The zero-order chi connectivity index (χ0) is 14.0. The number of sulfonamides is 1. The summed E-state index contributed by atoms with van der Waals surface area (Å²) in [6.45, 7) is 2.14. The molecule has 102 valence electrons. The van der Waals surface area contributed by atoms with Crippen LogP contribution in [0.1, 0.15) is 6.92 Å². The largest absolute Gasteiger partial charge is 0.273 e. The zero-order valence-corrected chi connectivity index (χ0v) is 14.0. The van der Waals surface area contributed by atoms with Crippen LogP contribution in [0, 0.1) is 0 Å². The van der Waals surface area contributed by atoms with Gasteiger partial charge in [0.15, 0.2) is 0 Å². The van der Waals surface area contributed by atoms with E-state index in [1.54, 1.807) is 42.6 Å². The summed E-state index contributed by atoms with van der Waals surface area (Å²) in [6.07, 6.45) is 0. The molecule has 7 heteroatoms. The fourth-order valence-electron chi connectivity index (χ4n) is 1.65. The van der Waals surface area contributed by atoms with E-state index in [1.807, 2.05) is 0 Å². The van der Waals surface area contributed by atoms with E-state index in [2.05, 4.69) is 15.9 Å². The minimum absolute atomic E-state index is 0.327. The Bertz CT molecular complexity index is 671. The molecule has 0 amide bonds. The first-order valence-electron chi connectivity index (χ1n) is 5.48. The van der Waals surface area contributed by atoms with Gasteiger partial charge in [0.1, 0.15) is 4.21 Å². The van der Waals surface area contributed by atoms with Gasteiger partial charge in [0.05, 0.1) is 10.7 Å². The molecule has 0 saturated carbocycles. The quantitative estimate of drug-likeness (QED) is 0.789. The van der Waals surface area contributed by atoms with Crippen LogP contribution in [0.2, 0.25) is 5.02 Å². The molecule has 0 atom stereocenters. The molecule has 0 bridgehead atoms. The van der Waals surface area contributed by atoms with Gasteiger partial charge >= 0.3 is 0 Å². The molecule has 2 aromatic rings. The van der Waals surface area contributed by atoms with E-state index < -0.39 is 10.0 Å². The van der Waals surface area contributed by atoms with E-state index in [0.29, 0.717) is 21.5 Å². The lowest BCUT2D eigenvalue weighted by atomic mass is 10.3. The molecule has 0 spiro atoms. The average molecular weight is 381 g/mol. The third kappa shape index (κ3) is 2.97. The molecule has 0 fully saturated rings. The monoisotopic (exact) mass is 379 g/mol. The van der Waals surface area contributed by atoms with Crippen LogP contribution < -0.4 is 4.31 Å². The second-order valence-corrected chi connectivity index (χ2v) is 8.00. The Morgan fingerprint density at radius 3 is 2.63 bits per heavy atom. The molecule has 2 rings (SSSR count). The molecule has 3 nitrogen and oxygen atoms in total. The Balaban J connectivity index is 2.48. The summed E-state index contributed by atoms with van der Waals surface area (Å²) in [5.74, 6) is 0. The van der Waals surface area contributed by atoms with Crippen LogP contribution in [0.25, 0.3) is 0 Å². The highest BCUT2D eigenvalue weighted by molar-refractivity contribution is 9.10. The summed E-state index contributed by atoms with van der Waals surface area (Å²) < 4.78 is 27.4. The van der Waals surface area contributed by atoms with E-state index in [4.69, 9.17) is 11.6 Å². The van der Waals surface area contributed by atoms with E-state index in [9.17, 15) is 8.42 Å². The van der Waals surface area contributed by atoms with Crippen LogP contribution in [-0.2, 0) is 10.0 Å². The summed E-state index contributed by atoms with van der Waals surface area (Å²) in [4.78, 5) is 0. The van der Waals surface area contributed by atoms with Crippen LogP contribution >= 0.6 is 38.9 Å². The molecule has 0 aliphatic rings. The number of halogens is 2. The summed E-state index contributed by atoms with van der Waals surface area (Å²) in [5.41, 5.74) is 0.559. The Labute approximate surface area is 130 Å². The smallest absolute Gasteiger partial charge is 0.266 e. The van der Waals surface area contributed by atoms with Crippen molar-refractivity contribution in [1.29, 1.82) is 0 Å². The number of hydrogen-bond acceptors (Lipinski definition) is 3. The highest BCUT2D eigenvalue weighted by Gasteiger charge is 2.24. The SMILES string of the molecule is CCN(c1ccc(Br)c(Cl)c1)S(=O)(=O)c1cccs1. The number of rotatable bonds is 4. The maximum absolute atomic E-state index is 12.5. The molecule has 0 aliphatic carbocycles. The summed E-state index contributed by atoms with van der Waals surface area (Å²) in [7, 11) is -3.51. The Hall–Kier alpha value is -0.560. The molecule has 1 heterocycles. The van der Waals surface area contributed by atoms with Crippen molar-refractivity contribution < 1.29 is 8.42 Å². The average Bonchev–Trinajstić information content (AvgIpc) is 2.88. The first-order chi connectivity index (χ1) is 8.96. The first-order valence-corrected chi connectivity index (χ1v) is 8.97. The standard InChI is InChI=1S/C12H11BrClNO2S2/c1-2-15(9-5-6-10(13)11(14)8-9)19(16,17)12-4-3-7-18-12/h3-8H,2H2,1H3. The van der Waals surface area contributed by atoms with Crippen molar-refractivity contribution in [1.82, 2.24) is 0 Å². The third-order valence-electron chi connectivity index (χ3n) is 2.52. The fourth-order valence-corrected chi connectivity index (χ4v) is 4.64. The van der Waals surface area contributed by atoms with Crippen LogP contribution in [0.5, 0.6) is 0 Å². The molecule has 0 aliphatic heterocycles. The lowest BCUT2D eigenvalue weighted by molar-refractivity contribution is 0.594. The van der Waals surface area contributed by atoms with Gasteiger partial charge in [-0.2, -0.15) is 0 Å². The van der Waals surface area contributed by atoms with Crippen molar-refractivity contribution in [2.24, 2.45) is 0 Å². The summed E-state index contributed by atoms with van der Waals surface area (Å²) in [5, 5.41) is 2.23. The van der Waals surface area contributed by atoms with Crippen molar-refractivity contribution in [3.05, 3.63) is 45.2 Å². The van der Waals surface area contributed by atoms with Gasteiger partial charge in [-0.05, 0) is 52.5 Å². The number of hydrogen-bond donors (Lipinski definition) is 0. The van der Waals surface area contributed by atoms with Crippen LogP contribution in [0.4, 0.5) is 5.69 Å². The number of anilines is 1. The third-order valence-corrected chi connectivity index (χ3v) is 7.03. The molecule has 0 unspecified atom stereocenters. The number of benzene rings is 1. The van der Waals surface area contributed by atoms with Gasteiger partial charge in [-0.3, -0.25) is 4.31 Å². The van der Waals surface area contributed by atoms with Gasteiger partial charge in [0.25, 0.3) is 10.0 Å². The van der Waals surface area contributed by atoms with Crippen LogP contribution in [0.15, 0.2) is 44.4 Å². The van der Waals surface area contributed by atoms with Crippen LogP contribution in [0.3, 0.4) is 0 Å². The van der Waals surface area contributed by atoms with Gasteiger partial charge < -0.3 is 0 Å². The topological polar surface area (TPSA) is 37.4 Å². The maximum Gasteiger partial charge on any atom is 0.273 e. The molecule has 1 aromatic heterocycles. The van der Waals surface area contributed by atoms with Crippen LogP contribution in [-0.4, -0.2) is 15.0 Å². The summed E-state index contributed by atoms with van der Waals surface area (Å²) in [6, 6.07) is 8.43. The predicted molar refractivity (Wildman–Crippen MR) is 83.7 cm³/mol. The zero-order valence-electron chi connectivity index (χ0n) is 10.0. The maximum atomic E-state index is 12.5. The number of thiophene rings is 1. The minimum Gasteiger partial charge on any atom is -0.266 e. The Morgan fingerprint density at radius 2 is 2.11 bits per heavy atom. The van der Waals surface area contributed by atoms with Crippen molar-refractivity contribution in [3.8, 4) is 0 Å². The van der Waals surface area contributed by atoms with Crippen molar-refractivity contribution >= 4 is 54.6 Å². The second-order valence-electron chi connectivity index (χ2n) is 3.70. The van der Waals surface area contributed by atoms with Gasteiger partial charge in [-0.1, -0.05) is 17.7 Å². The van der Waals surface area contributed by atoms with E-state index in [1.165, 1.54) is 15.6 Å². The normalized spacial score (nSPS) is 11.5. The van der Waals surface area contributed by atoms with Gasteiger partial charge in [-0.15, -0.1) is 11.3 Å². The lowest BCUT2D eigenvalue weighted by Gasteiger charge is -2.22. The molecule has 0 N–H and O–H groups in total. The van der Waals surface area contributed by atoms with Crippen molar-refractivity contribution in [2.45, 2.75) is 11.1 Å². The second kappa shape index (κ2) is 5.83. The summed E-state index contributed by atoms with van der Waals surface area (Å²) >= 11 is 10.5. The Morgan fingerprint density at radius 1 is 1.37 bits per heavy atom. The van der Waals surface area contributed by atoms with Gasteiger partial charge in [0.2, 0.25) is 0 Å². The Kier molecular flexibility index (Phi) is 4.55. The highest BCUT2D eigenvalue weighted by atomic mass is 79.9. The lowest BCUT2D eigenvalue weighted by Crippen LogP contribution is -2.30. The van der Waals surface area contributed by atoms with E-state index >= 15 is 0 Å². The first kappa shape index (κ1) is 14.8. The number of nitrogens with zero attached hydrogens (tertiary/aromatic N) is 1. The van der Waals surface area contributed by atoms with E-state index in [0.717, 1.165) is 4.47 Å². The fraction of sp³-hybridized carbons (Fsp3) is 0.167. The van der Waals surface area contributed by atoms with Gasteiger partial charge in [0, 0.05) is 11.0 Å². The molecule has 0 saturated heterocycles. The van der Waals surface area contributed by atoms with E-state index in [-0.39, 0.29) is 0 Å². The van der Waals surface area contributed by atoms with Gasteiger partial charge in [-0.25, -0.2) is 8.42 Å².